The zero-order chi connectivity index (χ0) is 16.1. The van der Waals surface area contributed by atoms with Gasteiger partial charge in [-0.25, -0.2) is 12.7 Å². The van der Waals surface area contributed by atoms with Crippen molar-refractivity contribution in [3.8, 4) is 0 Å². The van der Waals surface area contributed by atoms with Crippen molar-refractivity contribution in [1.29, 1.82) is 0 Å². The Morgan fingerprint density at radius 2 is 1.77 bits per heavy atom. The van der Waals surface area contributed by atoms with Gasteiger partial charge in [0.15, 0.2) is 0 Å². The lowest BCUT2D eigenvalue weighted by Crippen LogP contribution is -2.49. The van der Waals surface area contributed by atoms with Crippen molar-refractivity contribution in [2.24, 2.45) is 11.3 Å². The number of hydrogen-bond donors (Lipinski definition) is 0. The summed E-state index contributed by atoms with van der Waals surface area (Å²) in [5.74, 6) is 0.307. The van der Waals surface area contributed by atoms with Gasteiger partial charge < -0.3 is 4.90 Å². The zero-order valence-corrected chi connectivity index (χ0v) is 14.6. The fraction of sp³-hybridized carbons (Fsp3) is 0.933. The first-order valence-corrected chi connectivity index (χ1v) is 10.1. The van der Waals surface area contributed by atoms with E-state index in [-0.39, 0.29) is 11.8 Å². The maximum absolute atomic E-state index is 13.2. The third-order valence-electron chi connectivity index (χ3n) is 5.62. The Labute approximate surface area is 133 Å². The predicted molar refractivity (Wildman–Crippen MR) is 84.9 cm³/mol. The number of sulfonamides is 1. The van der Waals surface area contributed by atoms with Crippen LogP contribution in [-0.2, 0) is 14.8 Å². The van der Waals surface area contributed by atoms with Crippen LogP contribution in [0.4, 0.5) is 0 Å². The van der Waals surface area contributed by atoms with Gasteiger partial charge in [-0.2, -0.15) is 0 Å². The monoisotopic (exact) mass is 329 g/mol. The average molecular weight is 329 g/mol. The highest BCUT2D eigenvalue weighted by atomic mass is 32.2. The quantitative estimate of drug-likeness (QED) is 0.743. The second kappa shape index (κ2) is 5.46. The number of carbonyl (C=O) groups excluding carboxylic acids is 1. The van der Waals surface area contributed by atoms with E-state index in [0.29, 0.717) is 25.7 Å². The number of amides is 1. The first-order chi connectivity index (χ1) is 10.2. The van der Waals surface area contributed by atoms with E-state index in [1.807, 2.05) is 4.90 Å². The fourth-order valence-corrected chi connectivity index (χ4v) is 5.16. The molecule has 0 aromatic heterocycles. The minimum Gasteiger partial charge on any atom is -0.342 e. The second-order valence-corrected chi connectivity index (χ2v) is 9.41. The normalized spacial score (nSPS) is 33.8. The molecule has 3 aliphatic heterocycles. The van der Waals surface area contributed by atoms with Gasteiger partial charge in [0.2, 0.25) is 15.9 Å². The maximum Gasteiger partial charge on any atom is 0.231 e. The second-order valence-electron chi connectivity index (χ2n) is 7.43. The van der Waals surface area contributed by atoms with Gasteiger partial charge in [0, 0.05) is 51.2 Å². The Bertz CT molecular complexity index is 556. The van der Waals surface area contributed by atoms with Crippen LogP contribution in [0, 0.1) is 11.3 Å². The third-order valence-corrected chi connectivity index (χ3v) is 6.84. The molecule has 0 N–H and O–H groups in total. The summed E-state index contributed by atoms with van der Waals surface area (Å²) in [7, 11) is -3.23. The largest absolute Gasteiger partial charge is 0.342 e. The lowest BCUT2D eigenvalue weighted by Gasteiger charge is -2.32. The molecule has 0 radical (unpaired) electrons. The molecular formula is C15H27N3O3S. The molecule has 0 bridgehead atoms. The topological polar surface area (TPSA) is 60.9 Å². The van der Waals surface area contributed by atoms with Crippen LogP contribution in [0.25, 0.3) is 0 Å². The Morgan fingerprint density at radius 1 is 1.14 bits per heavy atom. The highest BCUT2D eigenvalue weighted by molar-refractivity contribution is 7.88. The van der Waals surface area contributed by atoms with E-state index in [1.165, 1.54) is 10.6 Å². The SMILES string of the molecule is CC(C)N1C[C@H]2CN(S(C)(=O)=O)C[C@@]2(C(=O)N2CCCC2)C1. The molecule has 0 aliphatic carbocycles. The average Bonchev–Trinajstić information content (AvgIpc) is 3.10. The maximum atomic E-state index is 13.2. The lowest BCUT2D eigenvalue weighted by atomic mass is 9.79. The number of fused-ring (bicyclic) bond motifs is 1. The van der Waals surface area contributed by atoms with Crippen LogP contribution in [0.3, 0.4) is 0 Å². The van der Waals surface area contributed by atoms with E-state index in [1.54, 1.807) is 0 Å². The molecule has 7 heteroatoms. The van der Waals surface area contributed by atoms with Crippen molar-refractivity contribution in [1.82, 2.24) is 14.1 Å². The van der Waals surface area contributed by atoms with Gasteiger partial charge in [0.25, 0.3) is 0 Å². The van der Waals surface area contributed by atoms with Crippen molar-refractivity contribution in [3.05, 3.63) is 0 Å². The molecule has 3 heterocycles. The van der Waals surface area contributed by atoms with E-state index in [0.717, 1.165) is 32.5 Å². The minimum atomic E-state index is -3.23. The van der Waals surface area contributed by atoms with E-state index in [9.17, 15) is 13.2 Å². The van der Waals surface area contributed by atoms with Gasteiger partial charge >= 0.3 is 0 Å². The predicted octanol–water partition coefficient (Wildman–Crippen LogP) is 0.211. The van der Waals surface area contributed by atoms with Crippen molar-refractivity contribution >= 4 is 15.9 Å². The number of likely N-dealkylation sites (tertiary alicyclic amines) is 2. The van der Waals surface area contributed by atoms with Crippen LogP contribution in [0.1, 0.15) is 26.7 Å². The lowest BCUT2D eigenvalue weighted by molar-refractivity contribution is -0.141. The zero-order valence-electron chi connectivity index (χ0n) is 13.8. The molecule has 3 aliphatic rings. The summed E-state index contributed by atoms with van der Waals surface area (Å²) >= 11 is 0. The van der Waals surface area contributed by atoms with Crippen molar-refractivity contribution in [3.63, 3.8) is 0 Å². The van der Waals surface area contributed by atoms with Crippen molar-refractivity contribution < 1.29 is 13.2 Å². The van der Waals surface area contributed by atoms with Gasteiger partial charge in [-0.3, -0.25) is 9.69 Å². The van der Waals surface area contributed by atoms with Crippen LogP contribution in [0.5, 0.6) is 0 Å². The smallest absolute Gasteiger partial charge is 0.231 e. The van der Waals surface area contributed by atoms with E-state index in [4.69, 9.17) is 0 Å². The number of carbonyl (C=O) groups is 1. The Balaban J connectivity index is 1.89. The molecule has 0 unspecified atom stereocenters. The molecule has 22 heavy (non-hydrogen) atoms. The van der Waals surface area contributed by atoms with Crippen molar-refractivity contribution in [2.75, 3.05) is 45.5 Å². The van der Waals surface area contributed by atoms with Gasteiger partial charge in [0.1, 0.15) is 0 Å². The molecule has 2 atom stereocenters. The van der Waals surface area contributed by atoms with Crippen LogP contribution < -0.4 is 0 Å². The summed E-state index contributed by atoms with van der Waals surface area (Å²) in [6, 6.07) is 0.389. The minimum absolute atomic E-state index is 0.123. The molecule has 0 saturated carbocycles. The molecule has 0 aromatic carbocycles. The first-order valence-electron chi connectivity index (χ1n) is 8.22. The first kappa shape index (κ1) is 16.2. The summed E-state index contributed by atoms with van der Waals surface area (Å²) in [6.45, 7) is 8.30. The fourth-order valence-electron chi connectivity index (χ4n) is 4.24. The molecule has 3 saturated heterocycles. The summed E-state index contributed by atoms with van der Waals surface area (Å²) < 4.78 is 25.4. The Morgan fingerprint density at radius 3 is 2.32 bits per heavy atom. The van der Waals surface area contributed by atoms with E-state index < -0.39 is 15.4 Å². The molecule has 126 valence electrons. The highest BCUT2D eigenvalue weighted by Crippen LogP contribution is 2.45. The van der Waals surface area contributed by atoms with Gasteiger partial charge in [-0.1, -0.05) is 0 Å². The molecule has 6 nitrogen and oxygen atoms in total. The van der Waals surface area contributed by atoms with Gasteiger partial charge in [0.05, 0.1) is 11.7 Å². The van der Waals surface area contributed by atoms with Crippen LogP contribution in [0.15, 0.2) is 0 Å². The molecule has 3 rings (SSSR count). The molecule has 1 amide bonds. The molecule has 0 spiro atoms. The summed E-state index contributed by atoms with van der Waals surface area (Å²) in [5.41, 5.74) is -0.530. The van der Waals surface area contributed by atoms with Crippen LogP contribution in [0.2, 0.25) is 0 Å². The van der Waals surface area contributed by atoms with E-state index in [2.05, 4.69) is 18.7 Å². The summed E-state index contributed by atoms with van der Waals surface area (Å²) in [4.78, 5) is 17.5. The highest BCUT2D eigenvalue weighted by Gasteiger charge is 2.60. The number of hydrogen-bond acceptors (Lipinski definition) is 4. The molecule has 3 fully saturated rings. The summed E-state index contributed by atoms with van der Waals surface area (Å²) in [6.07, 6.45) is 3.38. The Hall–Kier alpha value is -0.660. The summed E-state index contributed by atoms with van der Waals surface area (Å²) in [5, 5.41) is 0. The Kier molecular flexibility index (Phi) is 4.02. The number of rotatable bonds is 3. The van der Waals surface area contributed by atoms with E-state index >= 15 is 0 Å². The van der Waals surface area contributed by atoms with Gasteiger partial charge in [-0.15, -0.1) is 0 Å². The standard InChI is InChI=1S/C15H27N3O3S/c1-12(2)17-8-13-9-18(22(3,20)21)11-15(13,10-17)14(19)16-6-4-5-7-16/h12-13H,4-11H2,1-3H3/t13-,15-/m0/s1. The molecule has 0 aromatic rings. The third kappa shape index (κ3) is 2.57. The van der Waals surface area contributed by atoms with Crippen LogP contribution in [-0.4, -0.2) is 80.0 Å². The molecular weight excluding hydrogens is 302 g/mol. The number of nitrogens with zero attached hydrogens (tertiary/aromatic N) is 3. The van der Waals surface area contributed by atoms with Crippen molar-refractivity contribution in [2.45, 2.75) is 32.7 Å². The van der Waals surface area contributed by atoms with Crippen LogP contribution >= 0.6 is 0 Å². The van der Waals surface area contributed by atoms with Gasteiger partial charge in [-0.05, 0) is 26.7 Å².